The maximum absolute atomic E-state index is 8.90. The molecule has 42 valence electrons. The molecule has 1 N–H and O–H groups in total. The molecule has 0 aromatic carbocycles. The van der Waals surface area contributed by atoms with Gasteiger partial charge in [0, 0.05) is 0 Å². The predicted molar refractivity (Wildman–Crippen MR) is 32.3 cm³/mol. The van der Waals surface area contributed by atoms with Crippen LogP contribution in [0.4, 0.5) is 0 Å². The highest BCUT2D eigenvalue weighted by molar-refractivity contribution is 7.67. The van der Waals surface area contributed by atoms with E-state index in [1.807, 2.05) is 0 Å². The first-order chi connectivity index (χ1) is 3.12. The first-order valence-electron chi connectivity index (χ1n) is 1.90. The van der Waals surface area contributed by atoms with E-state index in [0.717, 1.165) is 0 Å². The first kappa shape index (κ1) is 7.09. The van der Waals surface area contributed by atoms with E-state index < -0.39 is 7.72 Å². The van der Waals surface area contributed by atoms with E-state index in [0.29, 0.717) is 0 Å². The van der Waals surface area contributed by atoms with Crippen LogP contribution in [0.25, 0.3) is 0 Å². The summed E-state index contributed by atoms with van der Waals surface area (Å²) in [6.45, 7) is 5.00. The van der Waals surface area contributed by atoms with Crippen molar-refractivity contribution in [3.8, 4) is 0 Å². The molecule has 0 fully saturated rings. The van der Waals surface area contributed by atoms with Gasteiger partial charge in [-0.3, -0.25) is 0 Å². The van der Waals surface area contributed by atoms with Crippen molar-refractivity contribution in [1.29, 1.82) is 0 Å². The van der Waals surface area contributed by atoms with Gasteiger partial charge in [-0.05, 0) is 0 Å². The second-order valence-electron chi connectivity index (χ2n) is 1.31. The van der Waals surface area contributed by atoms with Crippen molar-refractivity contribution < 1.29 is 9.42 Å². The molecular formula is C4H10O2P+. The van der Waals surface area contributed by atoms with Crippen LogP contribution in [-0.4, -0.2) is 18.7 Å². The van der Waals surface area contributed by atoms with Gasteiger partial charge in [0.05, 0.1) is 7.11 Å². The van der Waals surface area contributed by atoms with Crippen LogP contribution in [-0.2, 0) is 4.52 Å². The Bertz CT molecular complexity index is 70.1. The van der Waals surface area contributed by atoms with Crippen LogP contribution in [0.1, 0.15) is 0 Å². The molecule has 0 aromatic heterocycles. The third-order valence-electron chi connectivity index (χ3n) is 0.708. The largest absolute Gasteiger partial charge is 0.292 e. The summed E-state index contributed by atoms with van der Waals surface area (Å²) in [5.41, 5.74) is 0. The van der Waals surface area contributed by atoms with Crippen LogP contribution in [0.2, 0.25) is 0 Å². The third kappa shape index (κ3) is 2.75. The Labute approximate surface area is 44.3 Å². The lowest BCUT2D eigenvalue weighted by Crippen LogP contribution is -1.84. The summed E-state index contributed by atoms with van der Waals surface area (Å²) in [5.74, 6) is 1.44. The fourth-order valence-corrected chi connectivity index (χ4v) is 0.224. The molecule has 3 heteroatoms. The summed E-state index contributed by atoms with van der Waals surface area (Å²) in [6, 6.07) is 0. The van der Waals surface area contributed by atoms with Crippen LogP contribution in [0.15, 0.2) is 12.4 Å². The first-order valence-corrected chi connectivity index (χ1v) is 4.08. The normalized spacial score (nSPS) is 18.1. The molecule has 0 heterocycles. The quantitative estimate of drug-likeness (QED) is 0.557. The van der Waals surface area contributed by atoms with Gasteiger partial charge in [-0.25, -0.2) is 9.42 Å². The van der Waals surface area contributed by atoms with Crippen molar-refractivity contribution in [2.75, 3.05) is 13.8 Å². The molecule has 0 radical (unpaired) electrons. The molecule has 7 heavy (non-hydrogen) atoms. The molecule has 0 amide bonds. The summed E-state index contributed by atoms with van der Waals surface area (Å²) in [5, 5.41) is 0. The zero-order chi connectivity index (χ0) is 5.91. The molecular weight excluding hydrogens is 111 g/mol. The van der Waals surface area contributed by atoms with E-state index in [-0.39, 0.29) is 0 Å². The van der Waals surface area contributed by atoms with Gasteiger partial charge in [0.15, 0.2) is 0 Å². The highest BCUT2D eigenvalue weighted by Gasteiger charge is 2.22. The molecule has 0 aliphatic heterocycles. The van der Waals surface area contributed by atoms with Gasteiger partial charge in [-0.15, -0.1) is 0 Å². The second-order valence-corrected chi connectivity index (χ2v) is 3.93. The smallest absolute Gasteiger partial charge is 0.215 e. The van der Waals surface area contributed by atoms with Crippen LogP contribution in [0.5, 0.6) is 0 Å². The lowest BCUT2D eigenvalue weighted by molar-refractivity contribution is 0.381. The molecule has 0 aromatic rings. The Morgan fingerprint density at radius 2 is 2.29 bits per heavy atom. The van der Waals surface area contributed by atoms with Crippen molar-refractivity contribution in [2.24, 2.45) is 0 Å². The molecule has 0 saturated carbocycles. The van der Waals surface area contributed by atoms with Gasteiger partial charge in [-0.1, -0.05) is 6.58 Å². The Morgan fingerprint density at radius 1 is 1.86 bits per heavy atom. The van der Waals surface area contributed by atoms with Crippen LogP contribution >= 0.6 is 7.72 Å². The van der Waals surface area contributed by atoms with E-state index in [2.05, 4.69) is 11.1 Å². The van der Waals surface area contributed by atoms with Crippen LogP contribution in [0, 0.1) is 0 Å². The molecule has 0 rings (SSSR count). The topological polar surface area (TPSA) is 29.5 Å². The average molecular weight is 121 g/mol. The molecule has 0 bridgehead atoms. The number of hydrogen-bond acceptors (Lipinski definition) is 2. The molecule has 0 saturated heterocycles. The van der Waals surface area contributed by atoms with E-state index >= 15 is 0 Å². The highest BCUT2D eigenvalue weighted by Crippen LogP contribution is 2.51. The lowest BCUT2D eigenvalue weighted by Gasteiger charge is -2.02. The van der Waals surface area contributed by atoms with E-state index in [4.69, 9.17) is 4.89 Å². The van der Waals surface area contributed by atoms with Gasteiger partial charge in [-0.2, -0.15) is 0 Å². The Balaban J connectivity index is 3.58. The van der Waals surface area contributed by atoms with Gasteiger partial charge < -0.3 is 0 Å². The van der Waals surface area contributed by atoms with Crippen molar-refractivity contribution in [1.82, 2.24) is 0 Å². The van der Waals surface area contributed by atoms with Gasteiger partial charge in [0.25, 0.3) is 7.72 Å². The summed E-state index contributed by atoms with van der Waals surface area (Å²) >= 11 is 0. The van der Waals surface area contributed by atoms with Crippen molar-refractivity contribution >= 4 is 7.72 Å². The minimum atomic E-state index is -2.14. The van der Waals surface area contributed by atoms with Gasteiger partial charge in [0.1, 0.15) is 12.5 Å². The Kier molecular flexibility index (Phi) is 2.44. The summed E-state index contributed by atoms with van der Waals surface area (Å²) in [4.78, 5) is 8.90. The minimum absolute atomic E-state index is 1.44. The predicted octanol–water partition coefficient (Wildman–Crippen LogP) is 1.25. The highest BCUT2D eigenvalue weighted by atomic mass is 31.2. The summed E-state index contributed by atoms with van der Waals surface area (Å²) in [7, 11) is -0.673. The monoisotopic (exact) mass is 121 g/mol. The minimum Gasteiger partial charge on any atom is -0.215 e. The van der Waals surface area contributed by atoms with Crippen LogP contribution in [0.3, 0.4) is 0 Å². The molecule has 1 atom stereocenters. The van der Waals surface area contributed by atoms with Crippen LogP contribution < -0.4 is 0 Å². The lowest BCUT2D eigenvalue weighted by atomic mass is 11.3. The number of hydrogen-bond donors (Lipinski definition) is 1. The Morgan fingerprint density at radius 3 is 2.29 bits per heavy atom. The zero-order valence-corrected chi connectivity index (χ0v) is 5.48. The maximum atomic E-state index is 8.90. The average Bonchev–Trinajstić information content (AvgIpc) is 1.68. The molecule has 0 aliphatic carbocycles. The number of rotatable bonds is 2. The standard InChI is InChI=1S/C4H10O2P/c1-4-7(3,5)6-2/h4-5H,1H2,2-3H3/q+1. The molecule has 0 aliphatic rings. The fraction of sp³-hybridized carbons (Fsp3) is 0.500. The van der Waals surface area contributed by atoms with Gasteiger partial charge >= 0.3 is 0 Å². The van der Waals surface area contributed by atoms with Crippen molar-refractivity contribution in [3.63, 3.8) is 0 Å². The van der Waals surface area contributed by atoms with Crippen molar-refractivity contribution in [3.05, 3.63) is 12.4 Å². The summed E-state index contributed by atoms with van der Waals surface area (Å²) < 4.78 is 4.64. The van der Waals surface area contributed by atoms with E-state index in [1.165, 1.54) is 12.9 Å². The molecule has 0 spiro atoms. The third-order valence-corrected chi connectivity index (χ3v) is 2.13. The fourth-order valence-electron chi connectivity index (χ4n) is 0.0745. The summed E-state index contributed by atoms with van der Waals surface area (Å²) in [6.07, 6.45) is 0. The zero-order valence-electron chi connectivity index (χ0n) is 4.59. The van der Waals surface area contributed by atoms with Gasteiger partial charge in [0.2, 0.25) is 0 Å². The molecule has 1 unspecified atom stereocenters. The van der Waals surface area contributed by atoms with E-state index in [1.54, 1.807) is 6.66 Å². The second kappa shape index (κ2) is 2.41. The van der Waals surface area contributed by atoms with Crippen molar-refractivity contribution in [2.45, 2.75) is 0 Å². The maximum Gasteiger partial charge on any atom is 0.292 e. The SMILES string of the molecule is C=C[P+](C)(O)OC. The molecule has 2 nitrogen and oxygen atoms in total. The van der Waals surface area contributed by atoms with E-state index in [9.17, 15) is 0 Å². The Hall–Kier alpha value is 0.0900.